The van der Waals surface area contributed by atoms with Gasteiger partial charge in [0.05, 0.1) is 0 Å². The van der Waals surface area contributed by atoms with Crippen LogP contribution in [0.2, 0.25) is 0 Å². The highest BCUT2D eigenvalue weighted by Crippen LogP contribution is 2.23. The van der Waals surface area contributed by atoms with E-state index in [0.717, 1.165) is 0 Å². The number of aryl methyl sites for hydroxylation is 3. The SMILES string of the molecule is CCCCCCCC(C)Nc1c(C)cc(C)cc1C. The third-order valence-electron chi connectivity index (χ3n) is 3.81. The van der Waals surface area contributed by atoms with Crippen molar-refractivity contribution in [3.63, 3.8) is 0 Å². The molecule has 0 aliphatic rings. The molecule has 0 aromatic heterocycles. The molecule has 0 saturated heterocycles. The number of hydrogen-bond acceptors (Lipinski definition) is 1. The van der Waals surface area contributed by atoms with Gasteiger partial charge in [0, 0.05) is 11.7 Å². The Balaban J connectivity index is 2.42. The van der Waals surface area contributed by atoms with E-state index in [9.17, 15) is 0 Å². The standard InChI is InChI=1S/C18H31N/c1-6-7-8-9-10-11-17(5)19-18-15(3)12-14(2)13-16(18)4/h12-13,17,19H,6-11H2,1-5H3. The third kappa shape index (κ3) is 5.67. The summed E-state index contributed by atoms with van der Waals surface area (Å²) < 4.78 is 0. The second-order valence-corrected chi connectivity index (χ2v) is 6.02. The van der Waals surface area contributed by atoms with Crippen molar-refractivity contribution in [2.45, 2.75) is 79.2 Å². The average molecular weight is 261 g/mol. The maximum atomic E-state index is 3.70. The molecule has 1 heteroatoms. The number of hydrogen-bond donors (Lipinski definition) is 1. The normalized spacial score (nSPS) is 12.5. The van der Waals surface area contributed by atoms with E-state index in [2.05, 4.69) is 52.1 Å². The second-order valence-electron chi connectivity index (χ2n) is 6.02. The van der Waals surface area contributed by atoms with Crippen LogP contribution < -0.4 is 5.32 Å². The maximum absolute atomic E-state index is 3.70. The predicted octanol–water partition coefficient (Wildman–Crippen LogP) is 5.77. The number of unbranched alkanes of at least 4 members (excludes halogenated alkanes) is 4. The Morgan fingerprint density at radius 3 is 2.11 bits per heavy atom. The van der Waals surface area contributed by atoms with Gasteiger partial charge in [-0.3, -0.25) is 0 Å². The smallest absolute Gasteiger partial charge is 0.0401 e. The number of nitrogens with one attached hydrogen (secondary N) is 1. The zero-order valence-electron chi connectivity index (χ0n) is 13.5. The number of benzene rings is 1. The maximum Gasteiger partial charge on any atom is 0.0401 e. The largest absolute Gasteiger partial charge is 0.382 e. The number of anilines is 1. The van der Waals surface area contributed by atoms with Gasteiger partial charge in [-0.25, -0.2) is 0 Å². The van der Waals surface area contributed by atoms with E-state index in [1.54, 1.807) is 0 Å². The molecule has 1 aromatic carbocycles. The summed E-state index contributed by atoms with van der Waals surface area (Å²) >= 11 is 0. The Morgan fingerprint density at radius 2 is 1.53 bits per heavy atom. The fraction of sp³-hybridized carbons (Fsp3) is 0.667. The van der Waals surface area contributed by atoms with Crippen LogP contribution in [-0.2, 0) is 0 Å². The molecule has 108 valence electrons. The number of rotatable bonds is 8. The summed E-state index contributed by atoms with van der Waals surface area (Å²) in [5, 5.41) is 3.70. The second kappa shape index (κ2) is 8.24. The van der Waals surface area contributed by atoms with E-state index < -0.39 is 0 Å². The summed E-state index contributed by atoms with van der Waals surface area (Å²) in [4.78, 5) is 0. The minimum absolute atomic E-state index is 0.571. The first-order valence-electron chi connectivity index (χ1n) is 7.89. The highest BCUT2D eigenvalue weighted by Gasteiger charge is 2.07. The molecule has 1 N–H and O–H groups in total. The summed E-state index contributed by atoms with van der Waals surface area (Å²) in [7, 11) is 0. The molecule has 1 unspecified atom stereocenters. The molecule has 0 amide bonds. The fourth-order valence-corrected chi connectivity index (χ4v) is 2.78. The molecule has 0 spiro atoms. The van der Waals surface area contributed by atoms with E-state index in [0.29, 0.717) is 6.04 Å². The summed E-state index contributed by atoms with van der Waals surface area (Å²) in [6, 6.07) is 5.11. The highest BCUT2D eigenvalue weighted by atomic mass is 14.9. The van der Waals surface area contributed by atoms with Crippen LogP contribution in [0, 0.1) is 20.8 Å². The van der Waals surface area contributed by atoms with Crippen LogP contribution in [0.15, 0.2) is 12.1 Å². The molecule has 0 saturated carbocycles. The third-order valence-corrected chi connectivity index (χ3v) is 3.81. The lowest BCUT2D eigenvalue weighted by Gasteiger charge is -2.19. The van der Waals surface area contributed by atoms with Crippen LogP contribution in [0.5, 0.6) is 0 Å². The van der Waals surface area contributed by atoms with Crippen molar-refractivity contribution in [2.75, 3.05) is 5.32 Å². The van der Waals surface area contributed by atoms with Gasteiger partial charge in [-0.05, 0) is 45.2 Å². The molecule has 0 radical (unpaired) electrons. The lowest BCUT2D eigenvalue weighted by atomic mass is 10.0. The zero-order chi connectivity index (χ0) is 14.3. The summed E-state index contributed by atoms with van der Waals surface area (Å²) in [5.74, 6) is 0. The average Bonchev–Trinajstić information content (AvgIpc) is 2.33. The van der Waals surface area contributed by atoms with Crippen molar-refractivity contribution in [1.29, 1.82) is 0 Å². The molecular formula is C18H31N. The zero-order valence-corrected chi connectivity index (χ0v) is 13.5. The van der Waals surface area contributed by atoms with Gasteiger partial charge in [0.15, 0.2) is 0 Å². The monoisotopic (exact) mass is 261 g/mol. The molecule has 1 nitrogen and oxygen atoms in total. The Morgan fingerprint density at radius 1 is 0.947 bits per heavy atom. The lowest BCUT2D eigenvalue weighted by molar-refractivity contribution is 0.578. The summed E-state index contributed by atoms with van der Waals surface area (Å²) in [6.07, 6.45) is 8.11. The Kier molecular flexibility index (Phi) is 6.97. The first-order valence-corrected chi connectivity index (χ1v) is 7.89. The Hall–Kier alpha value is -0.980. The molecule has 1 atom stereocenters. The molecule has 19 heavy (non-hydrogen) atoms. The van der Waals surface area contributed by atoms with Crippen molar-refractivity contribution in [2.24, 2.45) is 0 Å². The van der Waals surface area contributed by atoms with E-state index in [-0.39, 0.29) is 0 Å². The van der Waals surface area contributed by atoms with Crippen LogP contribution in [-0.4, -0.2) is 6.04 Å². The van der Waals surface area contributed by atoms with E-state index in [1.165, 1.54) is 60.9 Å². The van der Waals surface area contributed by atoms with E-state index >= 15 is 0 Å². The predicted molar refractivity (Wildman–Crippen MR) is 87.1 cm³/mol. The van der Waals surface area contributed by atoms with Crippen molar-refractivity contribution in [1.82, 2.24) is 0 Å². The summed E-state index contributed by atoms with van der Waals surface area (Å²) in [6.45, 7) is 11.2. The minimum atomic E-state index is 0.571. The first kappa shape index (κ1) is 16.1. The lowest BCUT2D eigenvalue weighted by Crippen LogP contribution is -2.16. The summed E-state index contributed by atoms with van der Waals surface area (Å²) in [5.41, 5.74) is 5.44. The van der Waals surface area contributed by atoms with Gasteiger partial charge in [-0.15, -0.1) is 0 Å². The van der Waals surface area contributed by atoms with Crippen LogP contribution >= 0.6 is 0 Å². The molecule has 0 heterocycles. The topological polar surface area (TPSA) is 12.0 Å². The van der Waals surface area contributed by atoms with Crippen molar-refractivity contribution in [3.8, 4) is 0 Å². The van der Waals surface area contributed by atoms with E-state index in [1.807, 2.05) is 0 Å². The molecule has 1 rings (SSSR count). The molecule has 1 aromatic rings. The molecule has 0 aliphatic carbocycles. The first-order chi connectivity index (χ1) is 9.04. The van der Waals surface area contributed by atoms with Gasteiger partial charge in [0.2, 0.25) is 0 Å². The van der Waals surface area contributed by atoms with Gasteiger partial charge < -0.3 is 5.32 Å². The van der Waals surface area contributed by atoms with E-state index in [4.69, 9.17) is 0 Å². The Bertz CT molecular complexity index is 358. The fourth-order valence-electron chi connectivity index (χ4n) is 2.78. The molecule has 0 fully saturated rings. The molecular weight excluding hydrogens is 230 g/mol. The van der Waals surface area contributed by atoms with Gasteiger partial charge in [0.25, 0.3) is 0 Å². The Labute approximate surface area is 119 Å². The highest BCUT2D eigenvalue weighted by molar-refractivity contribution is 5.58. The van der Waals surface area contributed by atoms with Crippen LogP contribution in [0.3, 0.4) is 0 Å². The van der Waals surface area contributed by atoms with Crippen LogP contribution in [0.25, 0.3) is 0 Å². The molecule has 0 aliphatic heterocycles. The van der Waals surface area contributed by atoms with Crippen molar-refractivity contribution in [3.05, 3.63) is 28.8 Å². The van der Waals surface area contributed by atoms with Gasteiger partial charge in [-0.2, -0.15) is 0 Å². The van der Waals surface area contributed by atoms with Crippen molar-refractivity contribution >= 4 is 5.69 Å². The molecule has 0 bridgehead atoms. The van der Waals surface area contributed by atoms with Gasteiger partial charge >= 0.3 is 0 Å². The minimum Gasteiger partial charge on any atom is -0.382 e. The van der Waals surface area contributed by atoms with Crippen LogP contribution in [0.1, 0.15) is 69.1 Å². The van der Waals surface area contributed by atoms with Crippen LogP contribution in [0.4, 0.5) is 5.69 Å². The van der Waals surface area contributed by atoms with Gasteiger partial charge in [-0.1, -0.05) is 56.7 Å². The van der Waals surface area contributed by atoms with Gasteiger partial charge in [0.1, 0.15) is 0 Å². The van der Waals surface area contributed by atoms with Crippen molar-refractivity contribution < 1.29 is 0 Å². The quantitative estimate of drug-likeness (QED) is 0.585.